The molecule has 0 radical (unpaired) electrons. The van der Waals surface area contributed by atoms with E-state index in [1.54, 1.807) is 30.2 Å². The van der Waals surface area contributed by atoms with Crippen molar-refractivity contribution in [2.75, 3.05) is 5.75 Å². The highest BCUT2D eigenvalue weighted by Crippen LogP contribution is 2.25. The average Bonchev–Trinajstić information content (AvgIpc) is 2.78. The number of aromatic amines is 2. The van der Waals surface area contributed by atoms with Crippen molar-refractivity contribution < 1.29 is 4.79 Å². The summed E-state index contributed by atoms with van der Waals surface area (Å²) in [7, 11) is 0. The summed E-state index contributed by atoms with van der Waals surface area (Å²) in [6.07, 6.45) is 5.66. The molecule has 0 aliphatic rings. The van der Waals surface area contributed by atoms with E-state index in [0.717, 1.165) is 29.2 Å². The first-order valence-corrected chi connectivity index (χ1v) is 7.93. The van der Waals surface area contributed by atoms with Crippen LogP contribution >= 0.6 is 24.0 Å². The highest BCUT2D eigenvalue weighted by molar-refractivity contribution is 7.99. The van der Waals surface area contributed by atoms with Crippen molar-refractivity contribution in [3.05, 3.63) is 40.2 Å². The van der Waals surface area contributed by atoms with E-state index >= 15 is 0 Å². The van der Waals surface area contributed by atoms with Crippen molar-refractivity contribution in [3.8, 4) is 0 Å². The summed E-state index contributed by atoms with van der Waals surface area (Å²) >= 11 is 6.70. The molecule has 0 unspecified atom stereocenters. The predicted octanol–water partition coefficient (Wildman–Crippen LogP) is 3.90. The fourth-order valence-corrected chi connectivity index (χ4v) is 3.20. The number of ketones is 1. The largest absolute Gasteiger partial charge is 0.334 e. The lowest BCUT2D eigenvalue weighted by molar-refractivity contribution is 0.103. The summed E-state index contributed by atoms with van der Waals surface area (Å²) in [5, 5.41) is 0. The van der Waals surface area contributed by atoms with Crippen LogP contribution in [0.2, 0.25) is 0 Å². The van der Waals surface area contributed by atoms with Gasteiger partial charge in [0.1, 0.15) is 5.69 Å². The van der Waals surface area contributed by atoms with Crippen LogP contribution in [0.15, 0.2) is 23.4 Å². The number of carbonyl (C=O) groups is 1. The van der Waals surface area contributed by atoms with Gasteiger partial charge in [-0.3, -0.25) is 9.78 Å². The van der Waals surface area contributed by atoms with Crippen molar-refractivity contribution in [1.29, 1.82) is 0 Å². The summed E-state index contributed by atoms with van der Waals surface area (Å²) in [5.41, 5.74) is 1.97. The van der Waals surface area contributed by atoms with Crippen LogP contribution in [-0.4, -0.2) is 26.5 Å². The minimum absolute atomic E-state index is 0.0451. The molecule has 4 nitrogen and oxygen atoms in total. The number of aryl methyl sites for hydroxylation is 1. The van der Waals surface area contributed by atoms with E-state index < -0.39 is 0 Å². The van der Waals surface area contributed by atoms with E-state index in [0.29, 0.717) is 16.0 Å². The molecule has 0 aromatic carbocycles. The molecule has 2 aromatic heterocycles. The summed E-state index contributed by atoms with van der Waals surface area (Å²) in [6.45, 7) is 3.99. The Kier molecular flexibility index (Phi) is 5.14. The van der Waals surface area contributed by atoms with Crippen LogP contribution in [0.5, 0.6) is 0 Å². The molecule has 0 fully saturated rings. The Morgan fingerprint density at radius 1 is 1.45 bits per heavy atom. The molecule has 0 saturated heterocycles. The van der Waals surface area contributed by atoms with E-state index in [1.807, 2.05) is 6.92 Å². The SMILES string of the molecule is CCCCSc1cnccc1C(=O)c1[nH]c(=S)[nH]c1C. The smallest absolute Gasteiger partial charge is 0.212 e. The number of pyridine rings is 1. The molecule has 6 heteroatoms. The molecule has 2 heterocycles. The molecule has 2 rings (SSSR count). The minimum atomic E-state index is -0.0451. The van der Waals surface area contributed by atoms with Gasteiger partial charge in [-0.2, -0.15) is 0 Å². The number of aromatic nitrogens is 3. The highest BCUT2D eigenvalue weighted by atomic mass is 32.2. The standard InChI is InChI=1S/C14H17N3OS2/c1-3-4-7-20-11-8-15-6-5-10(11)13(18)12-9(2)16-14(19)17-12/h5-6,8H,3-4,7H2,1-2H3,(H2,16,17,19). The fourth-order valence-electron chi connectivity index (χ4n) is 1.84. The van der Waals surface area contributed by atoms with Crippen molar-refractivity contribution in [2.24, 2.45) is 0 Å². The summed E-state index contributed by atoms with van der Waals surface area (Å²) < 4.78 is 0.472. The zero-order chi connectivity index (χ0) is 14.5. The van der Waals surface area contributed by atoms with Gasteiger partial charge in [-0.25, -0.2) is 0 Å². The van der Waals surface area contributed by atoms with Crippen LogP contribution in [0, 0.1) is 11.7 Å². The van der Waals surface area contributed by atoms with Crippen LogP contribution in [0.25, 0.3) is 0 Å². The summed E-state index contributed by atoms with van der Waals surface area (Å²) in [4.78, 5) is 23.5. The molecule has 0 amide bonds. The second-order valence-electron chi connectivity index (χ2n) is 4.48. The molecule has 106 valence electrons. The zero-order valence-electron chi connectivity index (χ0n) is 11.5. The highest BCUT2D eigenvalue weighted by Gasteiger charge is 2.17. The molecular formula is C14H17N3OS2. The lowest BCUT2D eigenvalue weighted by atomic mass is 10.1. The number of unbranched alkanes of at least 4 members (excludes halogenated alkanes) is 1. The van der Waals surface area contributed by atoms with Crippen LogP contribution in [0.3, 0.4) is 0 Å². The summed E-state index contributed by atoms with van der Waals surface area (Å²) in [6, 6.07) is 1.76. The molecule has 0 aliphatic carbocycles. The van der Waals surface area contributed by atoms with Crippen LogP contribution in [0.4, 0.5) is 0 Å². The van der Waals surface area contributed by atoms with E-state index in [2.05, 4.69) is 21.9 Å². The van der Waals surface area contributed by atoms with Crippen molar-refractivity contribution in [3.63, 3.8) is 0 Å². The lowest BCUT2D eigenvalue weighted by Crippen LogP contribution is -2.06. The first-order valence-electron chi connectivity index (χ1n) is 6.54. The van der Waals surface area contributed by atoms with E-state index in [-0.39, 0.29) is 5.78 Å². The second kappa shape index (κ2) is 6.85. The lowest BCUT2D eigenvalue weighted by Gasteiger charge is -2.07. The van der Waals surface area contributed by atoms with Gasteiger partial charge in [0, 0.05) is 28.5 Å². The number of nitrogens with zero attached hydrogens (tertiary/aromatic N) is 1. The van der Waals surface area contributed by atoms with Gasteiger partial charge in [0.05, 0.1) is 0 Å². The normalized spacial score (nSPS) is 10.7. The maximum absolute atomic E-state index is 12.6. The molecule has 0 aliphatic heterocycles. The average molecular weight is 307 g/mol. The Labute approximate surface area is 127 Å². The molecule has 0 bridgehead atoms. The molecule has 2 aromatic rings. The van der Waals surface area contributed by atoms with Gasteiger partial charge in [-0.15, -0.1) is 11.8 Å². The van der Waals surface area contributed by atoms with Crippen LogP contribution in [0.1, 0.15) is 41.5 Å². The van der Waals surface area contributed by atoms with Gasteiger partial charge in [-0.1, -0.05) is 13.3 Å². The van der Waals surface area contributed by atoms with Gasteiger partial charge >= 0.3 is 0 Å². The molecule has 2 N–H and O–H groups in total. The Morgan fingerprint density at radius 3 is 2.90 bits per heavy atom. The van der Waals surface area contributed by atoms with E-state index in [4.69, 9.17) is 12.2 Å². The molecular weight excluding hydrogens is 290 g/mol. The van der Waals surface area contributed by atoms with Crippen molar-refractivity contribution in [2.45, 2.75) is 31.6 Å². The Morgan fingerprint density at radius 2 is 2.25 bits per heavy atom. The number of rotatable bonds is 6. The van der Waals surface area contributed by atoms with Gasteiger partial charge in [-0.05, 0) is 37.4 Å². The van der Waals surface area contributed by atoms with Crippen molar-refractivity contribution in [1.82, 2.24) is 15.0 Å². The molecule has 20 heavy (non-hydrogen) atoms. The molecule has 0 atom stereocenters. The molecule has 0 spiro atoms. The minimum Gasteiger partial charge on any atom is -0.334 e. The first kappa shape index (κ1) is 15.0. The third-order valence-corrected chi connectivity index (χ3v) is 4.26. The first-order chi connectivity index (χ1) is 9.63. The number of H-pyrrole nitrogens is 2. The van der Waals surface area contributed by atoms with Crippen LogP contribution in [-0.2, 0) is 0 Å². The van der Waals surface area contributed by atoms with E-state index in [1.165, 1.54) is 0 Å². The van der Waals surface area contributed by atoms with Gasteiger partial charge in [0.2, 0.25) is 5.78 Å². The quantitative estimate of drug-likeness (QED) is 0.368. The third-order valence-electron chi connectivity index (χ3n) is 2.93. The van der Waals surface area contributed by atoms with E-state index in [9.17, 15) is 4.79 Å². The Bertz CT molecular complexity index is 660. The van der Waals surface area contributed by atoms with Crippen molar-refractivity contribution >= 4 is 29.8 Å². The third kappa shape index (κ3) is 3.37. The van der Waals surface area contributed by atoms with Crippen LogP contribution < -0.4 is 0 Å². The van der Waals surface area contributed by atoms with Gasteiger partial charge < -0.3 is 9.97 Å². The predicted molar refractivity (Wildman–Crippen MR) is 84.0 cm³/mol. The fraction of sp³-hybridized carbons (Fsp3) is 0.357. The topological polar surface area (TPSA) is 61.5 Å². The number of imidazole rings is 1. The number of nitrogens with one attached hydrogen (secondary N) is 2. The summed E-state index contributed by atoms with van der Waals surface area (Å²) in [5.74, 6) is 0.946. The maximum atomic E-state index is 12.6. The van der Waals surface area contributed by atoms with Gasteiger partial charge in [0.25, 0.3) is 0 Å². The monoisotopic (exact) mass is 307 g/mol. The number of carbonyl (C=O) groups excluding carboxylic acids is 1. The maximum Gasteiger partial charge on any atom is 0.212 e. The van der Waals surface area contributed by atoms with Gasteiger partial charge in [0.15, 0.2) is 4.77 Å². The zero-order valence-corrected chi connectivity index (χ0v) is 13.2. The number of hydrogen-bond acceptors (Lipinski definition) is 4. The second-order valence-corrected chi connectivity index (χ2v) is 6.03. The Hall–Kier alpha value is -1.40. The number of thioether (sulfide) groups is 1. The number of hydrogen-bond donors (Lipinski definition) is 2. The molecule has 0 saturated carbocycles. The Balaban J connectivity index is 2.30.